The average Bonchev–Trinajstić information content (AvgIpc) is 3.29. The van der Waals surface area contributed by atoms with Gasteiger partial charge in [0.1, 0.15) is 0 Å². The van der Waals surface area contributed by atoms with E-state index in [2.05, 4.69) is 10.6 Å². The van der Waals surface area contributed by atoms with E-state index in [1.165, 1.54) is 0 Å². The van der Waals surface area contributed by atoms with Gasteiger partial charge in [0.05, 0.1) is 42.3 Å². The smallest absolute Gasteiger partial charge is 0.338 e. The van der Waals surface area contributed by atoms with E-state index in [9.17, 15) is 14.4 Å². The van der Waals surface area contributed by atoms with Crippen molar-refractivity contribution in [3.8, 4) is 0 Å². The molecule has 40 heavy (non-hydrogen) atoms. The molecule has 9 nitrogen and oxygen atoms in total. The Kier molecular flexibility index (Phi) is 9.31. The first kappa shape index (κ1) is 28.5. The fraction of sp³-hybridized carbons (Fsp3) is 0.258. The van der Waals surface area contributed by atoms with Gasteiger partial charge in [0.25, 0.3) is 5.91 Å². The van der Waals surface area contributed by atoms with Gasteiger partial charge in [-0.25, -0.2) is 4.79 Å². The number of methoxy groups -OCH3 is 1. The number of hydrogen-bond donors (Lipinski definition) is 2. The lowest BCUT2D eigenvalue weighted by Gasteiger charge is -2.22. The monoisotopic (exact) mass is 542 g/mol. The number of esters is 1. The summed E-state index contributed by atoms with van der Waals surface area (Å²) in [5, 5.41) is 6.30. The van der Waals surface area contributed by atoms with Crippen LogP contribution in [0.5, 0.6) is 0 Å². The van der Waals surface area contributed by atoms with E-state index in [1.807, 2.05) is 66.5 Å². The maximum absolute atomic E-state index is 13.2. The molecule has 0 saturated carbocycles. The van der Waals surface area contributed by atoms with Crippen LogP contribution in [-0.4, -0.2) is 70.2 Å². The Morgan fingerprint density at radius 2 is 1.68 bits per heavy atom. The third kappa shape index (κ3) is 6.56. The molecule has 0 bridgehead atoms. The first-order chi connectivity index (χ1) is 19.3. The number of ether oxygens (including phenoxy) is 2. The second-order valence-corrected chi connectivity index (χ2v) is 9.41. The third-order valence-electron chi connectivity index (χ3n) is 6.57. The highest BCUT2D eigenvalue weighted by molar-refractivity contribution is 6.37. The molecule has 1 aliphatic rings. The number of benzene rings is 3. The van der Waals surface area contributed by atoms with Crippen molar-refractivity contribution in [1.29, 1.82) is 0 Å². The molecule has 9 heteroatoms. The molecule has 0 radical (unpaired) electrons. The fourth-order valence-electron chi connectivity index (χ4n) is 4.37. The summed E-state index contributed by atoms with van der Waals surface area (Å²) in [5.41, 5.74) is 5.01. The summed E-state index contributed by atoms with van der Waals surface area (Å²) in [6.45, 7) is 3.51. The second-order valence-electron chi connectivity index (χ2n) is 9.41. The highest BCUT2D eigenvalue weighted by atomic mass is 16.5. The number of nitrogens with zero attached hydrogens (tertiary/aromatic N) is 2. The van der Waals surface area contributed by atoms with Crippen molar-refractivity contribution in [2.75, 3.05) is 63.0 Å². The molecule has 0 unspecified atom stereocenters. The van der Waals surface area contributed by atoms with Gasteiger partial charge in [0.15, 0.2) is 0 Å². The van der Waals surface area contributed by atoms with Gasteiger partial charge in [-0.05, 0) is 55.9 Å². The van der Waals surface area contributed by atoms with Gasteiger partial charge in [0, 0.05) is 37.6 Å². The molecule has 0 fully saturated rings. The number of fused-ring (bicyclic) bond motifs is 1. The molecular weight excluding hydrogens is 508 g/mol. The summed E-state index contributed by atoms with van der Waals surface area (Å²) in [7, 11) is 5.26. The van der Waals surface area contributed by atoms with Gasteiger partial charge in [0.2, 0.25) is 5.91 Å². The SMILES string of the molecule is CCOC(=O)c1ccc2c(c1)NC(=O)/C2=C(\Nc1ccc(N(C)C(=O)CN(C)CCOC)cc1)c1ccccc1. The lowest BCUT2D eigenvalue weighted by Crippen LogP contribution is -2.37. The molecule has 208 valence electrons. The Morgan fingerprint density at radius 1 is 0.950 bits per heavy atom. The van der Waals surface area contributed by atoms with Crippen LogP contribution >= 0.6 is 0 Å². The molecule has 2 N–H and O–H groups in total. The Bertz CT molecular complexity index is 1400. The minimum absolute atomic E-state index is 0.0344. The molecule has 0 spiro atoms. The van der Waals surface area contributed by atoms with Gasteiger partial charge in [-0.3, -0.25) is 14.5 Å². The molecule has 3 aromatic carbocycles. The molecular formula is C31H34N4O5. The topological polar surface area (TPSA) is 100 Å². The van der Waals surface area contributed by atoms with Crippen LogP contribution in [0.25, 0.3) is 11.3 Å². The van der Waals surface area contributed by atoms with E-state index in [0.717, 1.165) is 16.9 Å². The summed E-state index contributed by atoms with van der Waals surface area (Å²) >= 11 is 0. The number of anilines is 3. The van der Waals surface area contributed by atoms with Crippen LogP contribution in [0.2, 0.25) is 0 Å². The van der Waals surface area contributed by atoms with Crippen molar-refractivity contribution in [3.63, 3.8) is 0 Å². The maximum Gasteiger partial charge on any atom is 0.338 e. The van der Waals surface area contributed by atoms with Gasteiger partial charge in [-0.2, -0.15) is 0 Å². The lowest BCUT2D eigenvalue weighted by molar-refractivity contribution is -0.119. The van der Waals surface area contributed by atoms with Crippen molar-refractivity contribution in [2.45, 2.75) is 6.92 Å². The van der Waals surface area contributed by atoms with E-state index in [4.69, 9.17) is 9.47 Å². The summed E-state index contributed by atoms with van der Waals surface area (Å²) in [6, 6.07) is 22.1. The first-order valence-corrected chi connectivity index (χ1v) is 13.1. The third-order valence-corrected chi connectivity index (χ3v) is 6.57. The van der Waals surface area contributed by atoms with E-state index < -0.39 is 5.97 Å². The predicted octanol–water partition coefficient (Wildman–Crippen LogP) is 4.34. The molecule has 2 amide bonds. The minimum atomic E-state index is -0.441. The second kappa shape index (κ2) is 13.1. The molecule has 0 aliphatic carbocycles. The van der Waals surface area contributed by atoms with E-state index >= 15 is 0 Å². The van der Waals surface area contributed by atoms with Crippen LogP contribution in [0.4, 0.5) is 17.1 Å². The number of carbonyl (C=O) groups excluding carboxylic acids is 3. The Balaban J connectivity index is 1.62. The fourth-order valence-corrected chi connectivity index (χ4v) is 4.37. The number of hydrogen-bond acceptors (Lipinski definition) is 7. The molecule has 4 rings (SSSR count). The quantitative estimate of drug-likeness (QED) is 0.275. The Hall–Kier alpha value is -4.47. The van der Waals surface area contributed by atoms with Crippen LogP contribution in [0.3, 0.4) is 0 Å². The Morgan fingerprint density at radius 3 is 2.35 bits per heavy atom. The zero-order chi connectivity index (χ0) is 28.6. The van der Waals surface area contributed by atoms with Crippen molar-refractivity contribution < 1.29 is 23.9 Å². The highest BCUT2D eigenvalue weighted by Gasteiger charge is 2.29. The maximum atomic E-state index is 13.2. The lowest BCUT2D eigenvalue weighted by atomic mass is 9.99. The number of rotatable bonds is 11. The number of nitrogens with one attached hydrogen (secondary N) is 2. The van der Waals surface area contributed by atoms with Crippen LogP contribution in [0.1, 0.15) is 28.4 Å². The normalized spacial score (nSPS) is 13.5. The zero-order valence-corrected chi connectivity index (χ0v) is 23.2. The average molecular weight is 543 g/mol. The number of carbonyl (C=O) groups is 3. The first-order valence-electron chi connectivity index (χ1n) is 13.1. The number of amides is 2. The summed E-state index contributed by atoms with van der Waals surface area (Å²) in [4.78, 5) is 41.7. The van der Waals surface area contributed by atoms with Crippen LogP contribution in [0, 0.1) is 0 Å². The van der Waals surface area contributed by atoms with E-state index in [-0.39, 0.29) is 25.0 Å². The summed E-state index contributed by atoms with van der Waals surface area (Å²) in [6.07, 6.45) is 0. The zero-order valence-electron chi connectivity index (χ0n) is 23.2. The summed E-state index contributed by atoms with van der Waals surface area (Å²) in [5.74, 6) is -0.752. The van der Waals surface area contributed by atoms with Crippen LogP contribution in [-0.2, 0) is 19.1 Å². The van der Waals surface area contributed by atoms with E-state index in [1.54, 1.807) is 44.2 Å². The van der Waals surface area contributed by atoms with Gasteiger partial charge in [-0.15, -0.1) is 0 Å². The molecule has 0 saturated heterocycles. The van der Waals surface area contributed by atoms with Crippen LogP contribution in [0.15, 0.2) is 72.8 Å². The van der Waals surface area contributed by atoms with Crippen molar-refractivity contribution in [3.05, 3.63) is 89.5 Å². The largest absolute Gasteiger partial charge is 0.462 e. The van der Waals surface area contributed by atoms with Crippen molar-refractivity contribution >= 4 is 46.1 Å². The minimum Gasteiger partial charge on any atom is -0.462 e. The number of likely N-dealkylation sites (N-methyl/N-ethyl adjacent to an activating group) is 2. The Labute approximate surface area is 234 Å². The van der Waals surface area contributed by atoms with Gasteiger partial charge < -0.3 is 25.0 Å². The molecule has 1 heterocycles. The van der Waals surface area contributed by atoms with Crippen molar-refractivity contribution in [1.82, 2.24) is 4.90 Å². The van der Waals surface area contributed by atoms with Gasteiger partial charge >= 0.3 is 5.97 Å². The van der Waals surface area contributed by atoms with E-state index in [0.29, 0.717) is 41.2 Å². The summed E-state index contributed by atoms with van der Waals surface area (Å²) < 4.78 is 10.2. The standard InChI is InChI=1S/C31H34N4O5/c1-5-40-31(38)22-11-16-25-26(19-22)33-30(37)28(25)29(21-9-7-6-8-10-21)32-23-12-14-24(15-13-23)35(3)27(36)20-34(2)17-18-39-4/h6-16,19,32H,5,17-18,20H2,1-4H3,(H,33,37)/b29-28-. The molecule has 0 aromatic heterocycles. The molecule has 3 aromatic rings. The van der Waals surface area contributed by atoms with Crippen LogP contribution < -0.4 is 15.5 Å². The predicted molar refractivity (Wildman–Crippen MR) is 157 cm³/mol. The molecule has 1 aliphatic heterocycles. The molecule has 0 atom stereocenters. The van der Waals surface area contributed by atoms with Crippen molar-refractivity contribution in [2.24, 2.45) is 0 Å². The highest BCUT2D eigenvalue weighted by Crippen LogP contribution is 2.38. The van der Waals surface area contributed by atoms with Gasteiger partial charge in [-0.1, -0.05) is 36.4 Å².